The predicted molar refractivity (Wildman–Crippen MR) is 147 cm³/mol. The van der Waals surface area contributed by atoms with Crippen LogP contribution in [0, 0.1) is 11.2 Å². The van der Waals surface area contributed by atoms with Crippen LogP contribution < -0.4 is 9.47 Å². The van der Waals surface area contributed by atoms with Crippen molar-refractivity contribution in [3.63, 3.8) is 0 Å². The summed E-state index contributed by atoms with van der Waals surface area (Å²) in [6, 6.07) is 21.1. The monoisotopic (exact) mass is 550 g/mol. The molecule has 0 radical (unpaired) electrons. The van der Waals surface area contributed by atoms with Crippen LogP contribution in [0.2, 0.25) is 5.02 Å². The molecular weight excluding hydrogens is 519 g/mol. The van der Waals surface area contributed by atoms with Crippen molar-refractivity contribution < 1.29 is 23.5 Å². The molecule has 1 saturated heterocycles. The van der Waals surface area contributed by atoms with E-state index < -0.39 is 5.41 Å². The molecule has 0 bridgehead atoms. The summed E-state index contributed by atoms with van der Waals surface area (Å²) < 4.78 is 24.9. The highest BCUT2D eigenvalue weighted by atomic mass is 35.5. The lowest BCUT2D eigenvalue weighted by molar-refractivity contribution is -0.139. The Morgan fingerprint density at radius 3 is 2.31 bits per heavy atom. The molecule has 39 heavy (non-hydrogen) atoms. The average molecular weight is 551 g/mol. The van der Waals surface area contributed by atoms with Gasteiger partial charge in [0.2, 0.25) is 5.91 Å². The van der Waals surface area contributed by atoms with E-state index in [-0.39, 0.29) is 24.2 Å². The molecule has 0 saturated carbocycles. The summed E-state index contributed by atoms with van der Waals surface area (Å²) in [6.45, 7) is 2.56. The van der Waals surface area contributed by atoms with E-state index in [2.05, 4.69) is 12.1 Å². The number of ether oxygens (including phenoxy) is 2. The third-order valence-corrected chi connectivity index (χ3v) is 7.94. The first-order valence-electron chi connectivity index (χ1n) is 13.3. The minimum absolute atomic E-state index is 0.110. The topological polar surface area (TPSA) is 59.1 Å². The Balaban J connectivity index is 1.23. The molecule has 8 heteroatoms. The Morgan fingerprint density at radius 1 is 0.821 bits per heavy atom. The number of nitrogens with zero attached hydrogens (tertiary/aromatic N) is 2. The van der Waals surface area contributed by atoms with Crippen LogP contribution in [0.15, 0.2) is 72.8 Å². The molecule has 0 atom stereocenters. The molecule has 2 amide bonds. The normalized spacial score (nSPS) is 16.4. The van der Waals surface area contributed by atoms with Crippen molar-refractivity contribution in [2.24, 2.45) is 5.41 Å². The first-order chi connectivity index (χ1) is 18.9. The van der Waals surface area contributed by atoms with Crippen LogP contribution in [-0.2, 0) is 22.6 Å². The lowest BCUT2D eigenvalue weighted by Gasteiger charge is -2.42. The predicted octanol–water partition coefficient (Wildman–Crippen LogP) is 5.52. The number of hydrogen-bond acceptors (Lipinski definition) is 4. The highest BCUT2D eigenvalue weighted by Crippen LogP contribution is 2.37. The van der Waals surface area contributed by atoms with Crippen LogP contribution in [-0.4, -0.2) is 54.5 Å². The molecule has 0 aromatic heterocycles. The molecule has 0 spiro atoms. The molecular formula is C31H32ClFN2O4. The van der Waals surface area contributed by atoms with Gasteiger partial charge in [-0.05, 0) is 72.9 Å². The number of piperidine rings is 1. The lowest BCUT2D eigenvalue weighted by Crippen LogP contribution is -2.49. The van der Waals surface area contributed by atoms with Gasteiger partial charge in [0.15, 0.2) is 6.61 Å². The van der Waals surface area contributed by atoms with Crippen molar-refractivity contribution in [3.05, 3.63) is 94.8 Å². The number of carbonyl (C=O) groups is 2. The molecule has 3 aromatic rings. The minimum atomic E-state index is -0.412. The van der Waals surface area contributed by atoms with Crippen molar-refractivity contribution in [1.82, 2.24) is 9.80 Å². The molecule has 204 valence electrons. The number of rotatable bonds is 8. The molecule has 6 nitrogen and oxygen atoms in total. The first-order valence-corrected chi connectivity index (χ1v) is 13.7. The second kappa shape index (κ2) is 12.1. The second-order valence-electron chi connectivity index (χ2n) is 10.4. The van der Waals surface area contributed by atoms with E-state index in [0.717, 1.165) is 6.42 Å². The van der Waals surface area contributed by atoms with Gasteiger partial charge in [-0.25, -0.2) is 4.39 Å². The summed E-state index contributed by atoms with van der Waals surface area (Å²) in [5.41, 5.74) is 2.09. The SMILES string of the molecule is O=C(COc1ccc(F)cc1)N1CCC(COc2cccc(Cl)c2)(CC(=O)N2CCc3ccccc3C2)CC1. The fraction of sp³-hybridized carbons (Fsp3) is 0.355. The van der Waals surface area contributed by atoms with Gasteiger partial charge >= 0.3 is 0 Å². The van der Waals surface area contributed by atoms with Crippen LogP contribution in [0.1, 0.15) is 30.4 Å². The minimum Gasteiger partial charge on any atom is -0.493 e. The standard InChI is InChI=1S/C31H32ClFN2O4/c32-25-6-3-7-28(18-25)39-22-31(19-29(36)35-15-12-23-4-1-2-5-24(23)20-35)13-16-34(17-14-31)30(37)21-38-27-10-8-26(33)9-11-27/h1-11,18H,12-17,19-22H2. The molecule has 2 aliphatic rings. The van der Waals surface area contributed by atoms with E-state index in [0.29, 0.717) is 68.6 Å². The Morgan fingerprint density at radius 2 is 1.56 bits per heavy atom. The van der Waals surface area contributed by atoms with Gasteiger partial charge in [-0.2, -0.15) is 0 Å². The number of carbonyl (C=O) groups excluding carboxylic acids is 2. The summed E-state index contributed by atoms with van der Waals surface area (Å²) in [7, 11) is 0. The van der Waals surface area contributed by atoms with Gasteiger partial charge in [-0.1, -0.05) is 41.9 Å². The van der Waals surface area contributed by atoms with E-state index >= 15 is 0 Å². The fourth-order valence-corrected chi connectivity index (χ4v) is 5.48. The molecule has 2 aliphatic heterocycles. The van der Waals surface area contributed by atoms with Gasteiger partial charge in [0.05, 0.1) is 6.61 Å². The Labute approximate surface area is 233 Å². The maximum absolute atomic E-state index is 13.6. The first kappa shape index (κ1) is 27.0. The lowest BCUT2D eigenvalue weighted by atomic mass is 9.75. The van der Waals surface area contributed by atoms with E-state index in [4.69, 9.17) is 21.1 Å². The molecule has 2 heterocycles. The Kier molecular flexibility index (Phi) is 8.36. The van der Waals surface area contributed by atoms with Crippen LogP contribution in [0.4, 0.5) is 4.39 Å². The fourth-order valence-electron chi connectivity index (χ4n) is 5.30. The zero-order valence-corrected chi connectivity index (χ0v) is 22.5. The summed E-state index contributed by atoms with van der Waals surface area (Å²) in [4.78, 5) is 30.1. The molecule has 3 aromatic carbocycles. The summed E-state index contributed by atoms with van der Waals surface area (Å²) in [5.74, 6) is 0.720. The van der Waals surface area contributed by atoms with Crippen molar-refractivity contribution in [2.75, 3.05) is 32.8 Å². The highest BCUT2D eigenvalue weighted by Gasteiger charge is 2.40. The number of halogens is 2. The molecule has 1 fully saturated rings. The van der Waals surface area contributed by atoms with Gasteiger partial charge < -0.3 is 19.3 Å². The molecule has 0 aliphatic carbocycles. The van der Waals surface area contributed by atoms with Gasteiger partial charge in [-0.3, -0.25) is 9.59 Å². The smallest absolute Gasteiger partial charge is 0.260 e. The average Bonchev–Trinajstić information content (AvgIpc) is 2.96. The maximum atomic E-state index is 13.6. The van der Waals surface area contributed by atoms with Crippen molar-refractivity contribution >= 4 is 23.4 Å². The van der Waals surface area contributed by atoms with Crippen molar-refractivity contribution in [1.29, 1.82) is 0 Å². The number of likely N-dealkylation sites (tertiary alicyclic amines) is 1. The van der Waals surface area contributed by atoms with Crippen LogP contribution in [0.3, 0.4) is 0 Å². The molecule has 5 rings (SSSR count). The van der Waals surface area contributed by atoms with Gasteiger partial charge in [0.1, 0.15) is 17.3 Å². The van der Waals surface area contributed by atoms with Gasteiger partial charge in [0, 0.05) is 43.0 Å². The van der Waals surface area contributed by atoms with Crippen LogP contribution >= 0.6 is 11.6 Å². The number of fused-ring (bicyclic) bond motifs is 1. The summed E-state index contributed by atoms with van der Waals surface area (Å²) in [5, 5.41) is 0.589. The van der Waals surface area contributed by atoms with E-state index in [1.54, 1.807) is 17.0 Å². The van der Waals surface area contributed by atoms with Crippen LogP contribution in [0.5, 0.6) is 11.5 Å². The maximum Gasteiger partial charge on any atom is 0.260 e. The molecule has 0 unspecified atom stereocenters. The highest BCUT2D eigenvalue weighted by molar-refractivity contribution is 6.30. The van der Waals surface area contributed by atoms with Crippen molar-refractivity contribution in [2.45, 2.75) is 32.2 Å². The number of hydrogen-bond donors (Lipinski definition) is 0. The third-order valence-electron chi connectivity index (χ3n) is 7.70. The third kappa shape index (κ3) is 6.90. The van der Waals surface area contributed by atoms with Crippen molar-refractivity contribution in [3.8, 4) is 11.5 Å². The quantitative estimate of drug-likeness (QED) is 0.370. The van der Waals surface area contributed by atoms with E-state index in [1.807, 2.05) is 29.2 Å². The van der Waals surface area contributed by atoms with Gasteiger partial charge in [-0.15, -0.1) is 0 Å². The zero-order valence-electron chi connectivity index (χ0n) is 21.8. The Bertz CT molecular complexity index is 1310. The second-order valence-corrected chi connectivity index (χ2v) is 10.8. The van der Waals surface area contributed by atoms with Gasteiger partial charge in [0.25, 0.3) is 5.91 Å². The largest absolute Gasteiger partial charge is 0.493 e. The molecule has 0 N–H and O–H groups in total. The zero-order chi connectivity index (χ0) is 27.2. The van der Waals surface area contributed by atoms with Crippen LogP contribution in [0.25, 0.3) is 0 Å². The number of amides is 2. The van der Waals surface area contributed by atoms with E-state index in [9.17, 15) is 14.0 Å². The summed E-state index contributed by atoms with van der Waals surface area (Å²) in [6.07, 6.45) is 2.46. The Hall–Kier alpha value is -3.58. The van der Waals surface area contributed by atoms with E-state index in [1.165, 1.54) is 35.4 Å². The summed E-state index contributed by atoms with van der Waals surface area (Å²) >= 11 is 6.15. The number of benzene rings is 3.